The predicted octanol–water partition coefficient (Wildman–Crippen LogP) is 2.22. The van der Waals surface area contributed by atoms with E-state index in [0.29, 0.717) is 0 Å². The standard InChI is InChI=1S/C9H16O2S/c1-7(11-8(2)10)6-9-4-3-5-12-9/h7,9H,3-6H2,1-2H3. The zero-order valence-corrected chi connectivity index (χ0v) is 8.52. The molecule has 70 valence electrons. The smallest absolute Gasteiger partial charge is 0.302 e. The monoisotopic (exact) mass is 188 g/mol. The Balaban J connectivity index is 2.16. The number of rotatable bonds is 3. The normalized spacial score (nSPS) is 25.3. The van der Waals surface area contributed by atoms with E-state index in [2.05, 4.69) is 0 Å². The van der Waals surface area contributed by atoms with Crippen molar-refractivity contribution in [3.05, 3.63) is 0 Å². The molecule has 0 saturated carbocycles. The summed E-state index contributed by atoms with van der Waals surface area (Å²) in [6.45, 7) is 3.44. The number of esters is 1. The lowest BCUT2D eigenvalue weighted by molar-refractivity contribution is -0.145. The van der Waals surface area contributed by atoms with Gasteiger partial charge in [0.25, 0.3) is 0 Å². The van der Waals surface area contributed by atoms with Crippen LogP contribution in [0.3, 0.4) is 0 Å². The lowest BCUT2D eigenvalue weighted by Gasteiger charge is -2.15. The minimum absolute atomic E-state index is 0.0955. The fraction of sp³-hybridized carbons (Fsp3) is 0.889. The van der Waals surface area contributed by atoms with Crippen LogP contribution in [0.5, 0.6) is 0 Å². The van der Waals surface area contributed by atoms with E-state index in [1.54, 1.807) is 0 Å². The molecule has 0 radical (unpaired) electrons. The van der Waals surface area contributed by atoms with Gasteiger partial charge in [-0.05, 0) is 31.9 Å². The van der Waals surface area contributed by atoms with Crippen LogP contribution in [0.4, 0.5) is 0 Å². The van der Waals surface area contributed by atoms with Crippen molar-refractivity contribution in [1.82, 2.24) is 0 Å². The summed E-state index contributed by atoms with van der Waals surface area (Å²) in [5, 5.41) is 0.722. The SMILES string of the molecule is CC(=O)OC(C)CC1CCCS1. The molecule has 1 aliphatic rings. The van der Waals surface area contributed by atoms with E-state index in [4.69, 9.17) is 4.74 Å². The van der Waals surface area contributed by atoms with Gasteiger partial charge in [0.1, 0.15) is 6.10 Å². The molecule has 0 amide bonds. The van der Waals surface area contributed by atoms with Crippen molar-refractivity contribution >= 4 is 17.7 Å². The first kappa shape index (κ1) is 9.90. The minimum Gasteiger partial charge on any atom is -0.463 e. The summed E-state index contributed by atoms with van der Waals surface area (Å²) in [6, 6.07) is 0. The molecule has 2 atom stereocenters. The van der Waals surface area contributed by atoms with Gasteiger partial charge in [-0.25, -0.2) is 0 Å². The van der Waals surface area contributed by atoms with Gasteiger partial charge in [-0.3, -0.25) is 4.79 Å². The molecule has 0 spiro atoms. The summed E-state index contributed by atoms with van der Waals surface area (Å²) >= 11 is 2.01. The Kier molecular flexibility index (Phi) is 3.92. The van der Waals surface area contributed by atoms with E-state index < -0.39 is 0 Å². The lowest BCUT2D eigenvalue weighted by Crippen LogP contribution is -2.16. The molecule has 0 aromatic carbocycles. The highest BCUT2D eigenvalue weighted by Crippen LogP contribution is 2.29. The number of carbonyl (C=O) groups is 1. The van der Waals surface area contributed by atoms with E-state index in [-0.39, 0.29) is 12.1 Å². The van der Waals surface area contributed by atoms with Crippen LogP contribution in [-0.4, -0.2) is 23.1 Å². The van der Waals surface area contributed by atoms with Gasteiger partial charge < -0.3 is 4.74 Å². The van der Waals surface area contributed by atoms with Gasteiger partial charge >= 0.3 is 5.97 Å². The summed E-state index contributed by atoms with van der Waals surface area (Å²) in [4.78, 5) is 10.6. The maximum absolute atomic E-state index is 10.6. The topological polar surface area (TPSA) is 26.3 Å². The summed E-state index contributed by atoms with van der Waals surface area (Å²) in [5.74, 6) is 1.11. The third-order valence-electron chi connectivity index (χ3n) is 1.99. The van der Waals surface area contributed by atoms with Crippen molar-refractivity contribution in [2.45, 2.75) is 44.5 Å². The van der Waals surface area contributed by atoms with Crippen LogP contribution in [0.15, 0.2) is 0 Å². The molecule has 1 aliphatic heterocycles. The number of hydrogen-bond acceptors (Lipinski definition) is 3. The maximum atomic E-state index is 10.6. The third kappa shape index (κ3) is 3.48. The number of thioether (sulfide) groups is 1. The highest BCUT2D eigenvalue weighted by Gasteiger charge is 2.19. The van der Waals surface area contributed by atoms with E-state index in [1.807, 2.05) is 18.7 Å². The largest absolute Gasteiger partial charge is 0.463 e. The average molecular weight is 188 g/mol. The van der Waals surface area contributed by atoms with Crippen molar-refractivity contribution in [2.75, 3.05) is 5.75 Å². The predicted molar refractivity (Wildman–Crippen MR) is 51.3 cm³/mol. The van der Waals surface area contributed by atoms with Crippen LogP contribution in [0.2, 0.25) is 0 Å². The molecule has 0 aromatic rings. The average Bonchev–Trinajstić information content (AvgIpc) is 2.37. The Bertz CT molecular complexity index is 153. The zero-order chi connectivity index (χ0) is 8.97. The van der Waals surface area contributed by atoms with Crippen LogP contribution < -0.4 is 0 Å². The molecular formula is C9H16O2S. The van der Waals surface area contributed by atoms with Crippen LogP contribution in [0, 0.1) is 0 Å². The number of hydrogen-bond donors (Lipinski definition) is 0. The van der Waals surface area contributed by atoms with Gasteiger partial charge in [0.15, 0.2) is 0 Å². The van der Waals surface area contributed by atoms with Gasteiger partial charge in [0, 0.05) is 12.2 Å². The second-order valence-corrected chi connectivity index (χ2v) is 4.70. The molecule has 0 N–H and O–H groups in total. The molecule has 1 saturated heterocycles. The Morgan fingerprint density at radius 2 is 2.50 bits per heavy atom. The van der Waals surface area contributed by atoms with E-state index in [1.165, 1.54) is 25.5 Å². The highest BCUT2D eigenvalue weighted by molar-refractivity contribution is 8.00. The van der Waals surface area contributed by atoms with Crippen molar-refractivity contribution in [3.63, 3.8) is 0 Å². The first-order chi connectivity index (χ1) is 5.68. The van der Waals surface area contributed by atoms with Gasteiger partial charge in [0.2, 0.25) is 0 Å². The van der Waals surface area contributed by atoms with Gasteiger partial charge in [-0.15, -0.1) is 0 Å². The molecular weight excluding hydrogens is 172 g/mol. The first-order valence-electron chi connectivity index (χ1n) is 4.47. The molecule has 12 heavy (non-hydrogen) atoms. The summed E-state index contributed by atoms with van der Waals surface area (Å²) in [6.07, 6.45) is 3.72. The van der Waals surface area contributed by atoms with Gasteiger partial charge in [-0.2, -0.15) is 11.8 Å². The minimum atomic E-state index is -0.162. The Morgan fingerprint density at radius 1 is 1.75 bits per heavy atom. The summed E-state index contributed by atoms with van der Waals surface area (Å²) in [5.41, 5.74) is 0. The summed E-state index contributed by atoms with van der Waals surface area (Å²) < 4.78 is 5.06. The number of carbonyl (C=O) groups excluding carboxylic acids is 1. The molecule has 0 aliphatic carbocycles. The quantitative estimate of drug-likeness (QED) is 0.635. The van der Waals surface area contributed by atoms with E-state index in [9.17, 15) is 4.79 Å². The first-order valence-corrected chi connectivity index (χ1v) is 5.52. The van der Waals surface area contributed by atoms with Crippen LogP contribution in [0.1, 0.15) is 33.1 Å². The molecule has 1 fully saturated rings. The number of ether oxygens (including phenoxy) is 1. The Labute approximate surface area is 78.1 Å². The molecule has 3 heteroatoms. The van der Waals surface area contributed by atoms with Crippen LogP contribution in [0.25, 0.3) is 0 Å². The van der Waals surface area contributed by atoms with E-state index >= 15 is 0 Å². The second-order valence-electron chi connectivity index (χ2n) is 3.29. The molecule has 0 aromatic heterocycles. The Morgan fingerprint density at radius 3 is 3.00 bits per heavy atom. The van der Waals surface area contributed by atoms with Gasteiger partial charge in [-0.1, -0.05) is 0 Å². The highest BCUT2D eigenvalue weighted by atomic mass is 32.2. The molecule has 1 heterocycles. The summed E-state index contributed by atoms with van der Waals surface area (Å²) in [7, 11) is 0. The second kappa shape index (κ2) is 4.75. The molecule has 2 nitrogen and oxygen atoms in total. The van der Waals surface area contributed by atoms with Crippen LogP contribution >= 0.6 is 11.8 Å². The van der Waals surface area contributed by atoms with Crippen molar-refractivity contribution < 1.29 is 9.53 Å². The van der Waals surface area contributed by atoms with Gasteiger partial charge in [0.05, 0.1) is 0 Å². The lowest BCUT2D eigenvalue weighted by atomic mass is 10.1. The third-order valence-corrected chi connectivity index (χ3v) is 3.41. The van der Waals surface area contributed by atoms with Crippen LogP contribution in [-0.2, 0) is 9.53 Å². The zero-order valence-electron chi connectivity index (χ0n) is 7.71. The van der Waals surface area contributed by atoms with Crippen molar-refractivity contribution in [2.24, 2.45) is 0 Å². The molecule has 0 bridgehead atoms. The fourth-order valence-electron chi connectivity index (χ4n) is 1.53. The molecule has 1 rings (SSSR count). The van der Waals surface area contributed by atoms with E-state index in [0.717, 1.165) is 11.7 Å². The van der Waals surface area contributed by atoms with Crippen molar-refractivity contribution in [3.8, 4) is 0 Å². The molecule has 2 unspecified atom stereocenters. The van der Waals surface area contributed by atoms with Crippen molar-refractivity contribution in [1.29, 1.82) is 0 Å². The maximum Gasteiger partial charge on any atom is 0.302 e. The fourth-order valence-corrected chi connectivity index (χ4v) is 2.94. The Hall–Kier alpha value is -0.180.